The Morgan fingerprint density at radius 1 is 1.21 bits per heavy atom. The van der Waals surface area contributed by atoms with Gasteiger partial charge in [-0.25, -0.2) is 9.78 Å². The SMILES string of the molecule is CCN(CC)CCOC(=O)c1ccc2nc(NC(=O)C3CCCCC3)sc2c1.Cl. The molecule has 1 N–H and O–H groups in total. The molecule has 0 radical (unpaired) electrons. The number of carbonyl (C=O) groups is 2. The number of aromatic nitrogens is 1. The largest absolute Gasteiger partial charge is 0.461 e. The topological polar surface area (TPSA) is 71.5 Å². The summed E-state index contributed by atoms with van der Waals surface area (Å²) < 4.78 is 6.27. The average molecular weight is 440 g/mol. The molecular formula is C21H30ClN3O3S. The first-order valence-electron chi connectivity index (χ1n) is 10.2. The summed E-state index contributed by atoms with van der Waals surface area (Å²) >= 11 is 1.40. The molecule has 2 aromatic rings. The van der Waals surface area contributed by atoms with E-state index in [1.807, 2.05) is 6.07 Å². The summed E-state index contributed by atoms with van der Waals surface area (Å²) in [5, 5.41) is 3.55. The van der Waals surface area contributed by atoms with Gasteiger partial charge in [-0.15, -0.1) is 12.4 Å². The molecule has 1 amide bonds. The fourth-order valence-corrected chi connectivity index (χ4v) is 4.48. The average Bonchev–Trinajstić information content (AvgIpc) is 3.13. The van der Waals surface area contributed by atoms with Gasteiger partial charge in [0, 0.05) is 12.5 Å². The molecule has 1 saturated carbocycles. The number of thiazole rings is 1. The van der Waals surface area contributed by atoms with Crippen molar-refractivity contribution in [2.24, 2.45) is 5.92 Å². The zero-order valence-corrected chi connectivity index (χ0v) is 18.7. The number of carbonyl (C=O) groups excluding carboxylic acids is 2. The van der Waals surface area contributed by atoms with Crippen LogP contribution >= 0.6 is 23.7 Å². The van der Waals surface area contributed by atoms with Gasteiger partial charge in [0.05, 0.1) is 15.8 Å². The zero-order valence-electron chi connectivity index (χ0n) is 17.1. The number of halogens is 1. The van der Waals surface area contributed by atoms with E-state index in [1.54, 1.807) is 12.1 Å². The van der Waals surface area contributed by atoms with Crippen LogP contribution in [0.3, 0.4) is 0 Å². The predicted molar refractivity (Wildman–Crippen MR) is 120 cm³/mol. The van der Waals surface area contributed by atoms with Crippen LogP contribution in [0.2, 0.25) is 0 Å². The van der Waals surface area contributed by atoms with Gasteiger partial charge in [0.2, 0.25) is 5.91 Å². The maximum absolute atomic E-state index is 12.4. The number of hydrogen-bond acceptors (Lipinski definition) is 6. The van der Waals surface area contributed by atoms with Crippen molar-refractivity contribution in [2.45, 2.75) is 46.0 Å². The highest BCUT2D eigenvalue weighted by Crippen LogP contribution is 2.29. The molecule has 29 heavy (non-hydrogen) atoms. The number of fused-ring (bicyclic) bond motifs is 1. The first-order chi connectivity index (χ1) is 13.6. The number of benzene rings is 1. The van der Waals surface area contributed by atoms with E-state index in [9.17, 15) is 9.59 Å². The Morgan fingerprint density at radius 2 is 1.93 bits per heavy atom. The summed E-state index contributed by atoms with van der Waals surface area (Å²) in [4.78, 5) is 31.4. The number of amides is 1. The minimum Gasteiger partial charge on any atom is -0.461 e. The third kappa shape index (κ3) is 6.39. The second-order valence-corrected chi connectivity index (χ2v) is 8.22. The summed E-state index contributed by atoms with van der Waals surface area (Å²) in [6, 6.07) is 5.33. The van der Waals surface area contributed by atoms with E-state index in [1.165, 1.54) is 17.8 Å². The Bertz CT molecular complexity index is 817. The number of nitrogens with zero attached hydrogens (tertiary/aromatic N) is 2. The number of esters is 1. The van der Waals surface area contributed by atoms with Gasteiger partial charge in [0.15, 0.2) is 5.13 Å². The maximum Gasteiger partial charge on any atom is 0.338 e. The van der Waals surface area contributed by atoms with E-state index >= 15 is 0 Å². The molecule has 1 aromatic heterocycles. The van der Waals surface area contributed by atoms with Crippen molar-refractivity contribution < 1.29 is 14.3 Å². The van der Waals surface area contributed by atoms with Gasteiger partial charge in [0.25, 0.3) is 0 Å². The third-order valence-corrected chi connectivity index (χ3v) is 6.30. The van der Waals surface area contributed by atoms with Crippen LogP contribution in [0, 0.1) is 5.92 Å². The van der Waals surface area contributed by atoms with Gasteiger partial charge in [-0.1, -0.05) is 44.4 Å². The van der Waals surface area contributed by atoms with E-state index in [0.29, 0.717) is 17.3 Å². The quantitative estimate of drug-likeness (QED) is 0.601. The van der Waals surface area contributed by atoms with Crippen LogP contribution in [0.4, 0.5) is 5.13 Å². The molecule has 1 aliphatic rings. The van der Waals surface area contributed by atoms with E-state index in [2.05, 4.69) is 29.0 Å². The van der Waals surface area contributed by atoms with Crippen molar-refractivity contribution in [3.8, 4) is 0 Å². The minimum absolute atomic E-state index is 0. The van der Waals surface area contributed by atoms with Crippen molar-refractivity contribution in [3.05, 3.63) is 23.8 Å². The highest BCUT2D eigenvalue weighted by atomic mass is 35.5. The number of likely N-dealkylation sites (N-methyl/N-ethyl adjacent to an activating group) is 1. The van der Waals surface area contributed by atoms with Crippen molar-refractivity contribution >= 4 is 51.0 Å². The molecule has 1 heterocycles. The van der Waals surface area contributed by atoms with Crippen LogP contribution in [-0.4, -0.2) is 48.0 Å². The van der Waals surface area contributed by atoms with E-state index < -0.39 is 0 Å². The van der Waals surface area contributed by atoms with Crippen LogP contribution in [0.15, 0.2) is 18.2 Å². The fraction of sp³-hybridized carbons (Fsp3) is 0.571. The second kappa shape index (κ2) is 11.5. The van der Waals surface area contributed by atoms with Gasteiger partial charge in [-0.05, 0) is 44.1 Å². The normalized spacial score (nSPS) is 14.6. The van der Waals surface area contributed by atoms with E-state index in [4.69, 9.17) is 4.74 Å². The van der Waals surface area contributed by atoms with E-state index in [0.717, 1.165) is 55.5 Å². The first kappa shape index (κ1) is 23.6. The summed E-state index contributed by atoms with van der Waals surface area (Å²) in [6.07, 6.45) is 5.38. The predicted octanol–water partition coefficient (Wildman–Crippen LogP) is 4.74. The lowest BCUT2D eigenvalue weighted by atomic mass is 9.89. The van der Waals surface area contributed by atoms with Crippen LogP contribution in [0.25, 0.3) is 10.2 Å². The Labute approximate surface area is 182 Å². The number of hydrogen-bond donors (Lipinski definition) is 1. The molecule has 1 aliphatic carbocycles. The standard InChI is InChI=1S/C21H29N3O3S.ClH/c1-3-24(4-2)12-13-27-20(26)16-10-11-17-18(14-16)28-21(22-17)23-19(25)15-8-6-5-7-9-15;/h10-11,14-15H,3-9,12-13H2,1-2H3,(H,22,23,25);1H. The molecule has 1 fully saturated rings. The number of rotatable bonds is 8. The van der Waals surface area contributed by atoms with Gasteiger partial charge in [-0.3, -0.25) is 4.79 Å². The molecular weight excluding hydrogens is 410 g/mol. The number of nitrogens with one attached hydrogen (secondary N) is 1. The molecule has 8 heteroatoms. The van der Waals surface area contributed by atoms with Crippen molar-refractivity contribution in [1.29, 1.82) is 0 Å². The Morgan fingerprint density at radius 3 is 2.62 bits per heavy atom. The van der Waals surface area contributed by atoms with Crippen LogP contribution < -0.4 is 5.32 Å². The molecule has 0 atom stereocenters. The van der Waals surface area contributed by atoms with Gasteiger partial charge < -0.3 is 15.0 Å². The molecule has 160 valence electrons. The van der Waals surface area contributed by atoms with Crippen LogP contribution in [0.1, 0.15) is 56.3 Å². The minimum atomic E-state index is -0.324. The molecule has 0 spiro atoms. The summed E-state index contributed by atoms with van der Waals surface area (Å²) in [5.74, 6) is -0.165. The molecule has 3 rings (SSSR count). The highest BCUT2D eigenvalue weighted by molar-refractivity contribution is 7.22. The second-order valence-electron chi connectivity index (χ2n) is 7.19. The monoisotopic (exact) mass is 439 g/mol. The zero-order chi connectivity index (χ0) is 19.9. The Balaban J connectivity index is 0.00000300. The smallest absolute Gasteiger partial charge is 0.338 e. The Hall–Kier alpha value is -1.70. The van der Waals surface area contributed by atoms with Gasteiger partial charge in [-0.2, -0.15) is 0 Å². The lowest BCUT2D eigenvalue weighted by molar-refractivity contribution is -0.120. The van der Waals surface area contributed by atoms with Gasteiger partial charge >= 0.3 is 5.97 Å². The molecule has 6 nitrogen and oxygen atoms in total. The van der Waals surface area contributed by atoms with Crippen molar-refractivity contribution in [2.75, 3.05) is 31.6 Å². The third-order valence-electron chi connectivity index (χ3n) is 5.37. The fourth-order valence-electron chi connectivity index (χ4n) is 3.57. The van der Waals surface area contributed by atoms with Crippen LogP contribution in [0.5, 0.6) is 0 Å². The summed E-state index contributed by atoms with van der Waals surface area (Å²) in [6.45, 7) is 7.18. The van der Waals surface area contributed by atoms with Crippen LogP contribution in [-0.2, 0) is 9.53 Å². The molecule has 0 aliphatic heterocycles. The van der Waals surface area contributed by atoms with Gasteiger partial charge in [0.1, 0.15) is 6.61 Å². The summed E-state index contributed by atoms with van der Waals surface area (Å²) in [5.41, 5.74) is 1.30. The number of ether oxygens (including phenoxy) is 1. The van der Waals surface area contributed by atoms with E-state index in [-0.39, 0.29) is 30.2 Å². The highest BCUT2D eigenvalue weighted by Gasteiger charge is 2.22. The lowest BCUT2D eigenvalue weighted by Gasteiger charge is -2.19. The lowest BCUT2D eigenvalue weighted by Crippen LogP contribution is -2.27. The van der Waals surface area contributed by atoms with Crippen molar-refractivity contribution in [1.82, 2.24) is 9.88 Å². The molecule has 0 bridgehead atoms. The number of anilines is 1. The van der Waals surface area contributed by atoms with Crippen molar-refractivity contribution in [3.63, 3.8) is 0 Å². The summed E-state index contributed by atoms with van der Waals surface area (Å²) in [7, 11) is 0. The first-order valence-corrected chi connectivity index (χ1v) is 11.0. The molecule has 0 unspecified atom stereocenters. The Kier molecular flexibility index (Phi) is 9.33. The maximum atomic E-state index is 12.4. The molecule has 1 aromatic carbocycles. The molecule has 0 saturated heterocycles.